The molecule has 0 atom stereocenters. The Bertz CT molecular complexity index is 310. The number of hydrogen-bond acceptors (Lipinski definition) is 2. The number of rotatable bonds is 5. The molecular weight excluding hydrogens is 226 g/mol. The maximum absolute atomic E-state index is 12.5. The van der Waals surface area contributed by atoms with Crippen LogP contribution in [0.1, 0.15) is 0 Å². The van der Waals surface area contributed by atoms with Crippen molar-refractivity contribution in [3.05, 3.63) is 30.1 Å². The van der Waals surface area contributed by atoms with E-state index in [1.165, 1.54) is 24.3 Å². The molecule has 0 aromatic heterocycles. The zero-order valence-corrected chi connectivity index (χ0v) is 8.35. The van der Waals surface area contributed by atoms with Crippen LogP contribution in [0.25, 0.3) is 0 Å². The lowest BCUT2D eigenvalue weighted by atomic mass is 10.3. The van der Waals surface area contributed by atoms with Gasteiger partial charge in [-0.05, 0) is 24.3 Å². The minimum Gasteiger partial charge on any atom is -0.492 e. The van der Waals surface area contributed by atoms with Crippen molar-refractivity contribution in [3.8, 4) is 5.75 Å². The number of hydrogen-bond donors (Lipinski definition) is 1. The summed E-state index contributed by atoms with van der Waals surface area (Å²) in [5.74, 6) is 0.0396. The molecule has 0 heterocycles. The van der Waals surface area contributed by atoms with Crippen molar-refractivity contribution in [2.24, 2.45) is 0 Å². The SMILES string of the molecule is Fc1ccc(OCCNCC(F)(F)F)cc1. The van der Waals surface area contributed by atoms with Crippen molar-refractivity contribution in [3.63, 3.8) is 0 Å². The highest BCUT2D eigenvalue weighted by Crippen LogP contribution is 2.12. The van der Waals surface area contributed by atoms with Crippen molar-refractivity contribution in [2.75, 3.05) is 19.7 Å². The van der Waals surface area contributed by atoms with Gasteiger partial charge in [0.15, 0.2) is 0 Å². The number of ether oxygens (including phenoxy) is 1. The first-order valence-corrected chi connectivity index (χ1v) is 4.63. The first kappa shape index (κ1) is 12.8. The van der Waals surface area contributed by atoms with Gasteiger partial charge in [0.25, 0.3) is 0 Å². The average Bonchev–Trinajstić information content (AvgIpc) is 2.19. The summed E-state index contributed by atoms with van der Waals surface area (Å²) >= 11 is 0. The van der Waals surface area contributed by atoms with Gasteiger partial charge in [0.2, 0.25) is 0 Å². The maximum Gasteiger partial charge on any atom is 0.401 e. The minimum atomic E-state index is -4.21. The van der Waals surface area contributed by atoms with Crippen LogP contribution in [-0.4, -0.2) is 25.9 Å². The Balaban J connectivity index is 2.14. The molecule has 2 nitrogen and oxygen atoms in total. The van der Waals surface area contributed by atoms with Crippen LogP contribution >= 0.6 is 0 Å². The second kappa shape index (κ2) is 5.69. The highest BCUT2D eigenvalue weighted by atomic mass is 19.4. The molecule has 6 heteroatoms. The quantitative estimate of drug-likeness (QED) is 0.627. The van der Waals surface area contributed by atoms with Crippen molar-refractivity contribution in [1.82, 2.24) is 5.32 Å². The van der Waals surface area contributed by atoms with Crippen molar-refractivity contribution < 1.29 is 22.3 Å². The van der Waals surface area contributed by atoms with Gasteiger partial charge in [0.05, 0.1) is 6.54 Å². The Kier molecular flexibility index (Phi) is 4.54. The Hall–Kier alpha value is -1.30. The third kappa shape index (κ3) is 5.55. The Morgan fingerprint density at radius 2 is 1.75 bits per heavy atom. The normalized spacial score (nSPS) is 11.5. The molecule has 0 spiro atoms. The third-order valence-electron chi connectivity index (χ3n) is 1.69. The van der Waals surface area contributed by atoms with Crippen molar-refractivity contribution in [2.45, 2.75) is 6.18 Å². The number of benzene rings is 1. The molecule has 0 unspecified atom stereocenters. The van der Waals surface area contributed by atoms with Gasteiger partial charge in [0.1, 0.15) is 18.2 Å². The van der Waals surface area contributed by atoms with Gasteiger partial charge < -0.3 is 10.1 Å². The summed E-state index contributed by atoms with van der Waals surface area (Å²) in [4.78, 5) is 0. The molecule has 1 N–H and O–H groups in total. The van der Waals surface area contributed by atoms with Crippen LogP contribution in [-0.2, 0) is 0 Å². The first-order valence-electron chi connectivity index (χ1n) is 4.63. The van der Waals surface area contributed by atoms with Crippen molar-refractivity contribution >= 4 is 0 Å². The highest BCUT2D eigenvalue weighted by molar-refractivity contribution is 5.21. The summed E-state index contributed by atoms with van der Waals surface area (Å²) < 4.78 is 52.7. The standard InChI is InChI=1S/C10H11F4NO/c11-8-1-3-9(4-2-8)16-6-5-15-7-10(12,13)14/h1-4,15H,5-7H2. The van der Waals surface area contributed by atoms with Gasteiger partial charge in [0, 0.05) is 6.54 Å². The highest BCUT2D eigenvalue weighted by Gasteiger charge is 2.25. The molecule has 0 amide bonds. The topological polar surface area (TPSA) is 21.3 Å². The van der Waals surface area contributed by atoms with E-state index in [1.807, 2.05) is 0 Å². The van der Waals surface area contributed by atoms with Crippen molar-refractivity contribution in [1.29, 1.82) is 0 Å². The predicted octanol–water partition coefficient (Wildman–Crippen LogP) is 2.36. The van der Waals surface area contributed by atoms with E-state index < -0.39 is 12.7 Å². The predicted molar refractivity (Wildman–Crippen MR) is 50.8 cm³/mol. The average molecular weight is 237 g/mol. The van der Waals surface area contributed by atoms with Crippen LogP contribution in [0, 0.1) is 5.82 Å². The molecular formula is C10H11F4NO. The zero-order valence-electron chi connectivity index (χ0n) is 8.35. The molecule has 90 valence electrons. The molecule has 0 bridgehead atoms. The molecule has 0 saturated carbocycles. The second-order valence-electron chi connectivity index (χ2n) is 3.09. The van der Waals surface area contributed by atoms with Crippen LogP contribution in [0.3, 0.4) is 0 Å². The lowest BCUT2D eigenvalue weighted by molar-refractivity contribution is -0.124. The van der Waals surface area contributed by atoms with E-state index in [1.54, 1.807) is 0 Å². The molecule has 0 aliphatic rings. The Morgan fingerprint density at radius 3 is 2.31 bits per heavy atom. The lowest BCUT2D eigenvalue weighted by Crippen LogP contribution is -2.31. The first-order chi connectivity index (χ1) is 7.47. The van der Waals surface area contributed by atoms with Crippen LogP contribution in [0.2, 0.25) is 0 Å². The van der Waals surface area contributed by atoms with Gasteiger partial charge in [-0.25, -0.2) is 4.39 Å². The van der Waals surface area contributed by atoms with E-state index in [0.29, 0.717) is 5.75 Å². The molecule has 16 heavy (non-hydrogen) atoms. The van der Waals surface area contributed by atoms with Gasteiger partial charge >= 0.3 is 6.18 Å². The Labute approximate surface area is 90.2 Å². The maximum atomic E-state index is 12.5. The van der Waals surface area contributed by atoms with E-state index >= 15 is 0 Å². The van der Waals surface area contributed by atoms with E-state index in [2.05, 4.69) is 5.32 Å². The number of alkyl halides is 3. The summed E-state index contributed by atoms with van der Waals surface area (Å²) in [6.45, 7) is -0.863. The zero-order chi connectivity index (χ0) is 12.0. The molecule has 0 fully saturated rings. The van der Waals surface area contributed by atoms with E-state index in [-0.39, 0.29) is 19.0 Å². The fourth-order valence-electron chi connectivity index (χ4n) is 1.00. The molecule has 0 saturated heterocycles. The summed E-state index contributed by atoms with van der Waals surface area (Å²) in [6.07, 6.45) is -4.21. The summed E-state index contributed by atoms with van der Waals surface area (Å²) in [6, 6.07) is 5.27. The Morgan fingerprint density at radius 1 is 1.12 bits per heavy atom. The molecule has 1 aromatic rings. The third-order valence-corrected chi connectivity index (χ3v) is 1.69. The summed E-state index contributed by atoms with van der Waals surface area (Å²) in [5.41, 5.74) is 0. The lowest BCUT2D eigenvalue weighted by Gasteiger charge is -2.09. The minimum absolute atomic E-state index is 0.0802. The fraction of sp³-hybridized carbons (Fsp3) is 0.400. The van der Waals surface area contributed by atoms with Crippen LogP contribution in [0.15, 0.2) is 24.3 Å². The number of halogens is 4. The smallest absolute Gasteiger partial charge is 0.401 e. The van der Waals surface area contributed by atoms with Crippen LogP contribution in [0.4, 0.5) is 17.6 Å². The van der Waals surface area contributed by atoms with E-state index in [4.69, 9.17) is 4.74 Å². The molecule has 1 rings (SSSR count). The van der Waals surface area contributed by atoms with Crippen LogP contribution < -0.4 is 10.1 Å². The monoisotopic (exact) mass is 237 g/mol. The molecule has 0 aliphatic carbocycles. The van der Waals surface area contributed by atoms with Gasteiger partial charge in [-0.15, -0.1) is 0 Å². The number of nitrogens with one attached hydrogen (secondary N) is 1. The van der Waals surface area contributed by atoms with E-state index in [0.717, 1.165) is 0 Å². The molecule has 0 aliphatic heterocycles. The summed E-state index contributed by atoms with van der Waals surface area (Å²) in [7, 11) is 0. The summed E-state index contributed by atoms with van der Waals surface area (Å²) in [5, 5.41) is 2.18. The second-order valence-corrected chi connectivity index (χ2v) is 3.09. The fourth-order valence-corrected chi connectivity index (χ4v) is 1.00. The molecule has 0 radical (unpaired) electrons. The van der Waals surface area contributed by atoms with Gasteiger partial charge in [-0.3, -0.25) is 0 Å². The van der Waals surface area contributed by atoms with Gasteiger partial charge in [-0.2, -0.15) is 13.2 Å². The van der Waals surface area contributed by atoms with Gasteiger partial charge in [-0.1, -0.05) is 0 Å². The largest absolute Gasteiger partial charge is 0.492 e. The molecule has 1 aromatic carbocycles. The van der Waals surface area contributed by atoms with Crippen LogP contribution in [0.5, 0.6) is 5.75 Å². The van der Waals surface area contributed by atoms with E-state index in [9.17, 15) is 17.6 Å².